The van der Waals surface area contributed by atoms with Crippen LogP contribution in [-0.2, 0) is 0 Å². The van der Waals surface area contributed by atoms with E-state index in [1.807, 2.05) is 6.92 Å². The van der Waals surface area contributed by atoms with Crippen molar-refractivity contribution in [1.29, 1.82) is 0 Å². The number of hydrogen-bond acceptors (Lipinski definition) is 4. The minimum Gasteiger partial charge on any atom is -0.366 e. The van der Waals surface area contributed by atoms with Crippen LogP contribution in [0.3, 0.4) is 0 Å². The molecule has 9 rings (SSSR count). The van der Waals surface area contributed by atoms with Crippen LogP contribution in [0.5, 0.6) is 0 Å². The molecule has 2 N–H and O–H groups in total. The zero-order valence-corrected chi connectivity index (χ0v) is 27.8. The molecule has 0 radical (unpaired) electrons. The van der Waals surface area contributed by atoms with Crippen LogP contribution in [0.1, 0.15) is 46.1 Å². The van der Waals surface area contributed by atoms with Gasteiger partial charge in [0, 0.05) is 22.6 Å². The SMILES string of the molecule is Cc1nc(C)c(-c2cc(-c3cc4cccc5ccc6cccc3c6c54)cc(C3C=C(c4ccccc4)NC(c4ccccc4)N3)c2)c(C)n1. The van der Waals surface area contributed by atoms with Gasteiger partial charge in [-0.15, -0.1) is 0 Å². The predicted molar refractivity (Wildman–Crippen MR) is 203 cm³/mol. The summed E-state index contributed by atoms with van der Waals surface area (Å²) in [7, 11) is 0. The molecule has 0 saturated heterocycles. The molecule has 2 atom stereocenters. The van der Waals surface area contributed by atoms with Gasteiger partial charge in [0.15, 0.2) is 0 Å². The molecular weight excluding hydrogens is 597 g/mol. The Morgan fingerprint density at radius 2 is 1.18 bits per heavy atom. The lowest BCUT2D eigenvalue weighted by molar-refractivity contribution is 0.443. The second-order valence-electron chi connectivity index (χ2n) is 13.2. The summed E-state index contributed by atoms with van der Waals surface area (Å²) in [5, 5.41) is 15.4. The molecule has 8 aromatic rings. The van der Waals surface area contributed by atoms with E-state index in [4.69, 9.17) is 9.97 Å². The third-order valence-electron chi connectivity index (χ3n) is 10.0. The minimum absolute atomic E-state index is 0.0666. The highest BCUT2D eigenvalue weighted by Crippen LogP contribution is 2.43. The third-order valence-corrected chi connectivity index (χ3v) is 10.0. The van der Waals surface area contributed by atoms with Crippen molar-refractivity contribution in [2.75, 3.05) is 0 Å². The van der Waals surface area contributed by atoms with Crippen LogP contribution in [-0.4, -0.2) is 9.97 Å². The molecule has 4 heteroatoms. The van der Waals surface area contributed by atoms with E-state index in [0.717, 1.165) is 39.6 Å². The number of nitrogens with one attached hydrogen (secondary N) is 2. The number of benzene rings is 7. The lowest BCUT2D eigenvalue weighted by atomic mass is 9.86. The minimum atomic E-state index is -0.0724. The molecule has 1 aromatic heterocycles. The molecular formula is C45H36N4. The molecule has 0 amide bonds. The highest BCUT2D eigenvalue weighted by molar-refractivity contribution is 6.26. The summed E-state index contributed by atoms with van der Waals surface area (Å²) >= 11 is 0. The van der Waals surface area contributed by atoms with Gasteiger partial charge in [0.2, 0.25) is 0 Å². The van der Waals surface area contributed by atoms with Crippen molar-refractivity contribution in [3.8, 4) is 22.3 Å². The lowest BCUT2D eigenvalue weighted by Crippen LogP contribution is -2.39. The first-order valence-electron chi connectivity index (χ1n) is 17.0. The van der Waals surface area contributed by atoms with Crippen molar-refractivity contribution in [2.45, 2.75) is 33.0 Å². The fourth-order valence-electron chi connectivity index (χ4n) is 7.89. The molecule has 0 aliphatic carbocycles. The summed E-state index contributed by atoms with van der Waals surface area (Å²) in [6.07, 6.45) is 2.26. The van der Waals surface area contributed by atoms with Crippen molar-refractivity contribution in [1.82, 2.24) is 20.6 Å². The normalized spacial score (nSPS) is 16.3. The van der Waals surface area contributed by atoms with E-state index in [1.165, 1.54) is 54.6 Å². The fraction of sp³-hybridized carbons (Fsp3) is 0.111. The van der Waals surface area contributed by atoms with Gasteiger partial charge in [-0.3, -0.25) is 5.32 Å². The van der Waals surface area contributed by atoms with Gasteiger partial charge in [0.25, 0.3) is 0 Å². The number of hydrogen-bond donors (Lipinski definition) is 2. The summed E-state index contributed by atoms with van der Waals surface area (Å²) in [4.78, 5) is 9.64. The molecule has 0 spiro atoms. The largest absolute Gasteiger partial charge is 0.366 e. The Labute approximate surface area is 286 Å². The average molecular weight is 633 g/mol. The fourth-order valence-corrected chi connectivity index (χ4v) is 7.89. The van der Waals surface area contributed by atoms with Gasteiger partial charge in [-0.1, -0.05) is 109 Å². The van der Waals surface area contributed by atoms with Gasteiger partial charge in [0.05, 0.1) is 6.04 Å². The van der Waals surface area contributed by atoms with Gasteiger partial charge in [0.1, 0.15) is 12.0 Å². The Morgan fingerprint density at radius 3 is 1.94 bits per heavy atom. The zero-order valence-electron chi connectivity index (χ0n) is 27.8. The first kappa shape index (κ1) is 29.3. The molecule has 49 heavy (non-hydrogen) atoms. The van der Waals surface area contributed by atoms with Crippen LogP contribution < -0.4 is 10.6 Å². The van der Waals surface area contributed by atoms with E-state index >= 15 is 0 Å². The molecule has 7 aromatic carbocycles. The van der Waals surface area contributed by atoms with Gasteiger partial charge >= 0.3 is 0 Å². The number of rotatable bonds is 5. The van der Waals surface area contributed by atoms with Crippen LogP contribution in [0.25, 0.3) is 60.3 Å². The van der Waals surface area contributed by atoms with Crippen LogP contribution in [0.15, 0.2) is 140 Å². The predicted octanol–water partition coefficient (Wildman–Crippen LogP) is 10.6. The Morgan fingerprint density at radius 1 is 0.531 bits per heavy atom. The van der Waals surface area contributed by atoms with Gasteiger partial charge in [-0.25, -0.2) is 9.97 Å². The molecule has 1 aliphatic heterocycles. The van der Waals surface area contributed by atoms with Crippen molar-refractivity contribution in [3.63, 3.8) is 0 Å². The Kier molecular flexibility index (Phi) is 6.99. The summed E-state index contributed by atoms with van der Waals surface area (Å²) < 4.78 is 0. The quantitative estimate of drug-likeness (QED) is 0.185. The van der Waals surface area contributed by atoms with E-state index in [2.05, 4.69) is 164 Å². The third kappa shape index (κ3) is 5.13. The topological polar surface area (TPSA) is 49.8 Å². The van der Waals surface area contributed by atoms with Crippen molar-refractivity contribution < 1.29 is 0 Å². The molecule has 0 bridgehead atoms. The van der Waals surface area contributed by atoms with E-state index in [1.54, 1.807) is 0 Å². The van der Waals surface area contributed by atoms with E-state index < -0.39 is 0 Å². The molecule has 4 nitrogen and oxygen atoms in total. The maximum absolute atomic E-state index is 4.82. The highest BCUT2D eigenvalue weighted by atomic mass is 15.2. The molecule has 1 aliphatic rings. The Hall–Kier alpha value is -5.84. The van der Waals surface area contributed by atoms with Gasteiger partial charge < -0.3 is 5.32 Å². The van der Waals surface area contributed by atoms with E-state index in [9.17, 15) is 0 Å². The van der Waals surface area contributed by atoms with Crippen molar-refractivity contribution >= 4 is 38.0 Å². The molecule has 0 saturated carbocycles. The maximum atomic E-state index is 4.82. The number of nitrogens with zero attached hydrogens (tertiary/aromatic N) is 2. The second-order valence-corrected chi connectivity index (χ2v) is 13.2. The molecule has 2 heterocycles. The molecule has 0 fully saturated rings. The van der Waals surface area contributed by atoms with Crippen LogP contribution in [0.2, 0.25) is 0 Å². The molecule has 236 valence electrons. The molecule has 2 unspecified atom stereocenters. The summed E-state index contributed by atoms with van der Waals surface area (Å²) in [6, 6.07) is 48.5. The smallest absolute Gasteiger partial charge is 0.125 e. The summed E-state index contributed by atoms with van der Waals surface area (Å²) in [5.41, 5.74) is 11.2. The van der Waals surface area contributed by atoms with E-state index in [-0.39, 0.29) is 12.2 Å². The van der Waals surface area contributed by atoms with Crippen LogP contribution >= 0.6 is 0 Å². The van der Waals surface area contributed by atoms with Gasteiger partial charge in [-0.2, -0.15) is 0 Å². The number of aromatic nitrogens is 2. The van der Waals surface area contributed by atoms with Crippen molar-refractivity contribution in [2.24, 2.45) is 0 Å². The Bertz CT molecular complexity index is 2510. The van der Waals surface area contributed by atoms with Crippen LogP contribution in [0.4, 0.5) is 0 Å². The van der Waals surface area contributed by atoms with Crippen LogP contribution in [0, 0.1) is 20.8 Å². The monoisotopic (exact) mass is 632 g/mol. The number of aryl methyl sites for hydroxylation is 3. The summed E-state index contributed by atoms with van der Waals surface area (Å²) in [5.74, 6) is 0.794. The highest BCUT2D eigenvalue weighted by Gasteiger charge is 2.26. The standard InChI is InChI=1S/C45H36N4/c1-27-42(28(2)47-29(3)46-27)37-23-35(39-25-34-18-10-16-31-20-21-32-17-11-19-38(39)44(32)43(31)34)22-36(24-37)41-26-40(30-12-6-4-7-13-30)48-45(49-41)33-14-8-5-9-15-33/h4-26,41,45,48-49H,1-3H3. The average Bonchev–Trinajstić information content (AvgIpc) is 3.14. The van der Waals surface area contributed by atoms with E-state index in [0.29, 0.717) is 0 Å². The zero-order chi connectivity index (χ0) is 33.1. The second kappa shape index (κ2) is 11.7. The Balaban J connectivity index is 1.30. The summed E-state index contributed by atoms with van der Waals surface area (Å²) in [6.45, 7) is 6.17. The lowest BCUT2D eigenvalue weighted by Gasteiger charge is -2.33. The first-order chi connectivity index (χ1) is 24.0. The van der Waals surface area contributed by atoms with Crippen molar-refractivity contribution in [3.05, 3.63) is 173 Å². The first-order valence-corrected chi connectivity index (χ1v) is 17.0. The van der Waals surface area contributed by atoms with Gasteiger partial charge in [-0.05, 0) is 117 Å². The maximum Gasteiger partial charge on any atom is 0.125 e.